The van der Waals surface area contributed by atoms with Crippen molar-refractivity contribution in [2.75, 3.05) is 7.11 Å². The van der Waals surface area contributed by atoms with E-state index < -0.39 is 6.67 Å². The lowest BCUT2D eigenvalue weighted by atomic mass is 10.0. The third-order valence-electron chi connectivity index (χ3n) is 2.11. The lowest BCUT2D eigenvalue weighted by Crippen LogP contribution is -1.97. The van der Waals surface area contributed by atoms with E-state index in [2.05, 4.69) is 0 Å². The second kappa shape index (κ2) is 5.37. The summed E-state index contributed by atoms with van der Waals surface area (Å²) in [6.07, 6.45) is 1.76. The summed E-state index contributed by atoms with van der Waals surface area (Å²) >= 11 is 0. The quantitative estimate of drug-likeness (QED) is 0.675. The van der Waals surface area contributed by atoms with Gasteiger partial charge in [0, 0.05) is 12.0 Å². The van der Waals surface area contributed by atoms with Crippen molar-refractivity contribution in [1.82, 2.24) is 0 Å². The summed E-state index contributed by atoms with van der Waals surface area (Å²) in [5, 5.41) is 0. The fourth-order valence-electron chi connectivity index (χ4n) is 1.41. The average Bonchev–Trinajstić information content (AvgIpc) is 2.25. The van der Waals surface area contributed by atoms with E-state index in [9.17, 15) is 9.18 Å². The van der Waals surface area contributed by atoms with E-state index in [0.29, 0.717) is 24.2 Å². The highest BCUT2D eigenvalue weighted by Gasteiger charge is 2.07. The number of methoxy groups -OCH3 is 1. The van der Waals surface area contributed by atoms with Gasteiger partial charge in [0.2, 0.25) is 0 Å². The summed E-state index contributed by atoms with van der Waals surface area (Å²) in [6, 6.07) is 5.24. The van der Waals surface area contributed by atoms with Crippen LogP contribution in [-0.2, 0) is 17.9 Å². The Balaban J connectivity index is 2.99. The Labute approximate surface area is 82.7 Å². The molecule has 14 heavy (non-hydrogen) atoms. The first kappa shape index (κ1) is 10.7. The summed E-state index contributed by atoms with van der Waals surface area (Å²) in [7, 11) is 1.54. The van der Waals surface area contributed by atoms with Crippen molar-refractivity contribution in [2.45, 2.75) is 19.5 Å². The number of hydrogen-bond donors (Lipinski definition) is 0. The van der Waals surface area contributed by atoms with Crippen LogP contribution in [0.5, 0.6) is 5.75 Å². The molecule has 0 spiro atoms. The number of benzene rings is 1. The zero-order chi connectivity index (χ0) is 10.4. The molecule has 76 valence electrons. The molecule has 0 unspecified atom stereocenters. The van der Waals surface area contributed by atoms with Gasteiger partial charge in [-0.15, -0.1) is 0 Å². The van der Waals surface area contributed by atoms with Gasteiger partial charge in [-0.2, -0.15) is 0 Å². The molecule has 0 fully saturated rings. The maximum absolute atomic E-state index is 12.6. The van der Waals surface area contributed by atoms with E-state index in [0.717, 1.165) is 11.8 Å². The van der Waals surface area contributed by atoms with Crippen LogP contribution in [0.25, 0.3) is 0 Å². The van der Waals surface area contributed by atoms with E-state index >= 15 is 0 Å². The average molecular weight is 196 g/mol. The van der Waals surface area contributed by atoms with Crippen LogP contribution in [-0.4, -0.2) is 13.4 Å². The number of rotatable bonds is 5. The summed E-state index contributed by atoms with van der Waals surface area (Å²) < 4.78 is 17.7. The van der Waals surface area contributed by atoms with E-state index in [1.807, 2.05) is 0 Å². The van der Waals surface area contributed by atoms with Crippen LogP contribution in [0.1, 0.15) is 17.5 Å². The Hall–Kier alpha value is -1.38. The van der Waals surface area contributed by atoms with Gasteiger partial charge in [-0.1, -0.05) is 12.1 Å². The van der Waals surface area contributed by atoms with Crippen molar-refractivity contribution in [3.8, 4) is 5.75 Å². The molecule has 0 bridgehead atoms. The highest BCUT2D eigenvalue weighted by Crippen LogP contribution is 2.24. The minimum absolute atomic E-state index is 0.396. The Morgan fingerprint density at radius 1 is 1.50 bits per heavy atom. The Morgan fingerprint density at radius 3 is 2.86 bits per heavy atom. The minimum Gasteiger partial charge on any atom is -0.496 e. The van der Waals surface area contributed by atoms with Crippen molar-refractivity contribution < 1.29 is 13.9 Å². The summed E-state index contributed by atoms with van der Waals surface area (Å²) in [6.45, 7) is -0.522. The summed E-state index contributed by atoms with van der Waals surface area (Å²) in [5.41, 5.74) is 1.40. The normalized spacial score (nSPS) is 9.86. The van der Waals surface area contributed by atoms with Gasteiger partial charge < -0.3 is 9.53 Å². The highest BCUT2D eigenvalue weighted by atomic mass is 19.1. The molecule has 0 aromatic heterocycles. The van der Waals surface area contributed by atoms with Crippen molar-refractivity contribution in [3.05, 3.63) is 29.3 Å². The maximum Gasteiger partial charge on any atom is 0.122 e. The van der Waals surface area contributed by atoms with Crippen molar-refractivity contribution >= 4 is 6.29 Å². The Bertz CT molecular complexity index is 288. The van der Waals surface area contributed by atoms with Crippen LogP contribution < -0.4 is 4.74 Å². The topological polar surface area (TPSA) is 26.3 Å². The third-order valence-corrected chi connectivity index (χ3v) is 2.11. The van der Waals surface area contributed by atoms with Crippen LogP contribution in [0.15, 0.2) is 18.2 Å². The molecular weight excluding hydrogens is 183 g/mol. The standard InChI is InChI=1S/C11H13FO2/c1-14-11-6-2-4-9(8-12)10(11)5-3-7-13/h2,4,6-7H,3,5,8H2,1H3. The molecule has 0 heterocycles. The van der Waals surface area contributed by atoms with Gasteiger partial charge in [0.1, 0.15) is 18.7 Å². The molecule has 0 amide bonds. The van der Waals surface area contributed by atoms with Crippen LogP contribution in [0.2, 0.25) is 0 Å². The zero-order valence-corrected chi connectivity index (χ0v) is 8.13. The molecule has 0 saturated carbocycles. The number of aldehydes is 1. The Kier molecular flexibility index (Phi) is 4.11. The molecule has 0 N–H and O–H groups in total. The smallest absolute Gasteiger partial charge is 0.122 e. The molecule has 0 aliphatic carbocycles. The second-order valence-electron chi connectivity index (χ2n) is 2.94. The number of hydrogen-bond acceptors (Lipinski definition) is 2. The number of halogens is 1. The lowest BCUT2D eigenvalue weighted by molar-refractivity contribution is -0.107. The predicted molar refractivity (Wildman–Crippen MR) is 52.2 cm³/mol. The van der Waals surface area contributed by atoms with Crippen molar-refractivity contribution in [2.24, 2.45) is 0 Å². The molecule has 1 aromatic carbocycles. The highest BCUT2D eigenvalue weighted by molar-refractivity contribution is 5.51. The third kappa shape index (κ3) is 2.31. The molecule has 0 saturated heterocycles. The maximum atomic E-state index is 12.6. The van der Waals surface area contributed by atoms with Crippen LogP contribution in [0, 0.1) is 0 Å². The molecule has 3 heteroatoms. The first-order chi connectivity index (χ1) is 6.83. The fraction of sp³-hybridized carbons (Fsp3) is 0.364. The van der Waals surface area contributed by atoms with Gasteiger partial charge in [0.25, 0.3) is 0 Å². The lowest BCUT2D eigenvalue weighted by Gasteiger charge is -2.10. The van der Waals surface area contributed by atoms with E-state index in [1.54, 1.807) is 25.3 Å². The molecular formula is C11H13FO2. The minimum atomic E-state index is -0.522. The SMILES string of the molecule is COc1cccc(CF)c1CCC=O. The fourth-order valence-corrected chi connectivity index (χ4v) is 1.41. The molecule has 0 aliphatic heterocycles. The molecule has 0 atom stereocenters. The molecule has 2 nitrogen and oxygen atoms in total. The van der Waals surface area contributed by atoms with E-state index in [4.69, 9.17) is 4.74 Å². The number of carbonyl (C=O) groups excluding carboxylic acids is 1. The van der Waals surface area contributed by atoms with Gasteiger partial charge >= 0.3 is 0 Å². The largest absolute Gasteiger partial charge is 0.496 e. The first-order valence-electron chi connectivity index (χ1n) is 4.47. The van der Waals surface area contributed by atoms with Crippen molar-refractivity contribution in [3.63, 3.8) is 0 Å². The molecule has 0 radical (unpaired) electrons. The number of alkyl halides is 1. The monoisotopic (exact) mass is 196 g/mol. The molecule has 0 aliphatic rings. The van der Waals surface area contributed by atoms with Gasteiger partial charge in [-0.25, -0.2) is 4.39 Å². The van der Waals surface area contributed by atoms with Gasteiger partial charge in [-0.3, -0.25) is 0 Å². The molecule has 1 aromatic rings. The van der Waals surface area contributed by atoms with Crippen LogP contribution in [0.4, 0.5) is 4.39 Å². The predicted octanol–water partition coefficient (Wildman–Crippen LogP) is 2.30. The van der Waals surface area contributed by atoms with Crippen molar-refractivity contribution in [1.29, 1.82) is 0 Å². The Morgan fingerprint density at radius 2 is 2.29 bits per heavy atom. The van der Waals surface area contributed by atoms with Crippen LogP contribution in [0.3, 0.4) is 0 Å². The van der Waals surface area contributed by atoms with E-state index in [-0.39, 0.29) is 0 Å². The summed E-state index contributed by atoms with van der Waals surface area (Å²) in [4.78, 5) is 10.2. The van der Waals surface area contributed by atoms with Gasteiger partial charge in [-0.05, 0) is 18.1 Å². The number of ether oxygens (including phenoxy) is 1. The first-order valence-corrected chi connectivity index (χ1v) is 4.47. The number of carbonyl (C=O) groups is 1. The van der Waals surface area contributed by atoms with Gasteiger partial charge in [0.15, 0.2) is 0 Å². The molecule has 1 rings (SSSR count). The zero-order valence-electron chi connectivity index (χ0n) is 8.13. The summed E-state index contributed by atoms with van der Waals surface area (Å²) in [5.74, 6) is 0.655. The van der Waals surface area contributed by atoms with E-state index in [1.165, 1.54) is 0 Å². The second-order valence-corrected chi connectivity index (χ2v) is 2.94. The van der Waals surface area contributed by atoms with Crippen LogP contribution >= 0.6 is 0 Å². The van der Waals surface area contributed by atoms with Gasteiger partial charge in [0.05, 0.1) is 7.11 Å².